The Balaban J connectivity index is 1.67. The van der Waals surface area contributed by atoms with Crippen LogP contribution in [0.2, 0.25) is 0 Å². The molecule has 2 heterocycles. The Kier molecular flexibility index (Phi) is 5.15. The summed E-state index contributed by atoms with van der Waals surface area (Å²) in [4.78, 5) is 16.1. The first-order chi connectivity index (χ1) is 9.76. The van der Waals surface area contributed by atoms with Crippen LogP contribution in [0.15, 0.2) is 0 Å². The van der Waals surface area contributed by atoms with Crippen molar-refractivity contribution in [3.8, 4) is 0 Å². The molecular weight excluding hydrogens is 266 g/mol. The molecular formula is C16H31N3O2. The number of fused-ring (bicyclic) bond motifs is 2. The quantitative estimate of drug-likeness (QED) is 0.863. The van der Waals surface area contributed by atoms with Crippen LogP contribution in [0.4, 0.5) is 4.79 Å². The molecule has 2 fully saturated rings. The minimum Gasteiger partial charge on any atom is -0.444 e. The monoisotopic (exact) mass is 297 g/mol. The lowest BCUT2D eigenvalue weighted by Gasteiger charge is -2.37. The molecule has 2 unspecified atom stereocenters. The van der Waals surface area contributed by atoms with Gasteiger partial charge in [-0.2, -0.15) is 0 Å². The van der Waals surface area contributed by atoms with Crippen LogP contribution in [0.5, 0.6) is 0 Å². The fraction of sp³-hybridized carbons (Fsp3) is 0.938. The second-order valence-electron chi connectivity index (χ2n) is 7.57. The van der Waals surface area contributed by atoms with Crippen molar-refractivity contribution in [2.24, 2.45) is 0 Å². The summed E-state index contributed by atoms with van der Waals surface area (Å²) in [5.41, 5.74) is -0.425. The highest BCUT2D eigenvalue weighted by Crippen LogP contribution is 2.34. The van der Waals surface area contributed by atoms with Gasteiger partial charge in [0.25, 0.3) is 0 Å². The van der Waals surface area contributed by atoms with Crippen molar-refractivity contribution < 1.29 is 9.53 Å². The highest BCUT2D eigenvalue weighted by atomic mass is 16.6. The zero-order chi connectivity index (χ0) is 15.6. The van der Waals surface area contributed by atoms with Gasteiger partial charge >= 0.3 is 6.09 Å². The number of carbonyl (C=O) groups excluding carboxylic acids is 1. The molecule has 21 heavy (non-hydrogen) atoms. The molecule has 0 spiro atoms. The zero-order valence-electron chi connectivity index (χ0n) is 14.2. The van der Waals surface area contributed by atoms with Crippen LogP contribution in [0.1, 0.15) is 46.5 Å². The lowest BCUT2D eigenvalue weighted by Crippen LogP contribution is -2.48. The number of piperidine rings is 1. The molecule has 2 aliphatic heterocycles. The summed E-state index contributed by atoms with van der Waals surface area (Å²) < 4.78 is 5.35. The number of rotatable bonds is 4. The minimum atomic E-state index is -0.425. The average Bonchev–Trinajstić information content (AvgIpc) is 2.60. The number of ether oxygens (including phenoxy) is 1. The van der Waals surface area contributed by atoms with Crippen LogP contribution in [-0.2, 0) is 4.74 Å². The van der Waals surface area contributed by atoms with E-state index in [1.165, 1.54) is 25.7 Å². The second-order valence-corrected chi connectivity index (χ2v) is 7.57. The molecule has 2 saturated heterocycles. The van der Waals surface area contributed by atoms with Crippen molar-refractivity contribution in [2.75, 3.05) is 27.2 Å². The van der Waals surface area contributed by atoms with Gasteiger partial charge in [-0.25, -0.2) is 4.79 Å². The topological polar surface area (TPSA) is 44.8 Å². The molecule has 0 aromatic rings. The Morgan fingerprint density at radius 2 is 1.86 bits per heavy atom. The molecule has 0 aromatic heterocycles. The summed E-state index contributed by atoms with van der Waals surface area (Å²) in [6, 6.07) is 2.11. The molecule has 2 rings (SSSR count). The van der Waals surface area contributed by atoms with E-state index in [-0.39, 0.29) is 6.09 Å². The first-order valence-corrected chi connectivity index (χ1v) is 8.15. The summed E-state index contributed by atoms with van der Waals surface area (Å²) in [5, 5.41) is 3.62. The van der Waals surface area contributed by atoms with Gasteiger partial charge in [-0.3, -0.25) is 0 Å². The Labute approximate surface area is 129 Å². The van der Waals surface area contributed by atoms with Crippen LogP contribution in [0, 0.1) is 0 Å². The summed E-state index contributed by atoms with van der Waals surface area (Å²) in [6.45, 7) is 7.21. The lowest BCUT2D eigenvalue weighted by atomic mass is 9.98. The molecule has 2 atom stereocenters. The largest absolute Gasteiger partial charge is 0.444 e. The Hall–Kier alpha value is -0.810. The first kappa shape index (κ1) is 16.6. The average molecular weight is 297 g/mol. The van der Waals surface area contributed by atoms with Gasteiger partial charge in [0.15, 0.2) is 0 Å². The normalized spacial score (nSPS) is 29.5. The van der Waals surface area contributed by atoms with Crippen molar-refractivity contribution in [2.45, 2.75) is 70.2 Å². The maximum Gasteiger partial charge on any atom is 0.410 e. The van der Waals surface area contributed by atoms with E-state index in [1.807, 2.05) is 20.8 Å². The van der Waals surface area contributed by atoms with Gasteiger partial charge in [-0.15, -0.1) is 0 Å². The highest BCUT2D eigenvalue weighted by molar-refractivity contribution is 5.67. The van der Waals surface area contributed by atoms with E-state index in [4.69, 9.17) is 4.74 Å². The lowest BCUT2D eigenvalue weighted by molar-refractivity contribution is 0.0297. The van der Waals surface area contributed by atoms with E-state index in [1.54, 1.807) is 11.9 Å². The Morgan fingerprint density at radius 1 is 1.29 bits per heavy atom. The summed E-state index contributed by atoms with van der Waals surface area (Å²) >= 11 is 0. The first-order valence-electron chi connectivity index (χ1n) is 8.15. The second kappa shape index (κ2) is 6.53. The van der Waals surface area contributed by atoms with E-state index < -0.39 is 5.60 Å². The van der Waals surface area contributed by atoms with Gasteiger partial charge in [0.05, 0.1) is 0 Å². The maximum absolute atomic E-state index is 11.9. The van der Waals surface area contributed by atoms with Crippen LogP contribution in [0.3, 0.4) is 0 Å². The standard InChI is InChI=1S/C16H31N3O2/c1-16(2,3)21-15(20)18(4)9-8-17-12-10-13-6-7-14(11-12)19(13)5/h12-14,17H,6-11H2,1-5H3. The van der Waals surface area contributed by atoms with E-state index >= 15 is 0 Å². The Morgan fingerprint density at radius 3 is 2.38 bits per heavy atom. The van der Waals surface area contributed by atoms with Crippen molar-refractivity contribution in [3.63, 3.8) is 0 Å². The molecule has 1 amide bonds. The van der Waals surface area contributed by atoms with Gasteiger partial charge in [-0.1, -0.05) is 0 Å². The van der Waals surface area contributed by atoms with Gasteiger partial charge in [0.2, 0.25) is 0 Å². The minimum absolute atomic E-state index is 0.243. The third-order valence-corrected chi connectivity index (χ3v) is 4.68. The summed E-state index contributed by atoms with van der Waals surface area (Å²) in [6.07, 6.45) is 4.92. The highest BCUT2D eigenvalue weighted by Gasteiger charge is 2.38. The van der Waals surface area contributed by atoms with Crippen LogP contribution in [0.25, 0.3) is 0 Å². The molecule has 122 valence electrons. The zero-order valence-corrected chi connectivity index (χ0v) is 14.2. The summed E-state index contributed by atoms with van der Waals surface area (Å²) in [5.74, 6) is 0. The van der Waals surface area contributed by atoms with Crippen LogP contribution >= 0.6 is 0 Å². The number of nitrogens with zero attached hydrogens (tertiary/aromatic N) is 2. The van der Waals surface area contributed by atoms with Gasteiger partial charge in [-0.05, 0) is 53.5 Å². The molecule has 2 aliphatic rings. The molecule has 0 aromatic carbocycles. The smallest absolute Gasteiger partial charge is 0.410 e. The molecule has 5 heteroatoms. The van der Waals surface area contributed by atoms with Gasteiger partial charge in [0, 0.05) is 38.3 Å². The van der Waals surface area contributed by atoms with Crippen molar-refractivity contribution in [1.29, 1.82) is 0 Å². The van der Waals surface area contributed by atoms with E-state index in [0.717, 1.165) is 18.6 Å². The fourth-order valence-corrected chi connectivity index (χ4v) is 3.45. The van der Waals surface area contributed by atoms with Gasteiger partial charge < -0.3 is 19.9 Å². The van der Waals surface area contributed by atoms with Crippen molar-refractivity contribution >= 4 is 6.09 Å². The molecule has 0 radical (unpaired) electrons. The third-order valence-electron chi connectivity index (χ3n) is 4.68. The summed E-state index contributed by atoms with van der Waals surface area (Å²) in [7, 11) is 4.06. The number of nitrogens with one attached hydrogen (secondary N) is 1. The maximum atomic E-state index is 11.9. The van der Waals surface area contributed by atoms with Gasteiger partial charge in [0.1, 0.15) is 5.60 Å². The van der Waals surface area contributed by atoms with Crippen LogP contribution < -0.4 is 5.32 Å². The number of hydrogen-bond donors (Lipinski definition) is 1. The van der Waals surface area contributed by atoms with Crippen molar-refractivity contribution in [1.82, 2.24) is 15.1 Å². The molecule has 1 N–H and O–H groups in total. The SMILES string of the molecule is CN(CCNC1CC2CCC(C1)N2C)C(=O)OC(C)(C)C. The molecule has 0 saturated carbocycles. The number of amides is 1. The predicted octanol–water partition coefficient (Wildman–Crippen LogP) is 2.07. The van der Waals surface area contributed by atoms with E-state index in [0.29, 0.717) is 12.6 Å². The molecule has 5 nitrogen and oxygen atoms in total. The molecule has 0 aliphatic carbocycles. The number of carbonyl (C=O) groups is 1. The van der Waals surface area contributed by atoms with E-state index in [9.17, 15) is 4.79 Å². The number of hydrogen-bond acceptors (Lipinski definition) is 4. The van der Waals surface area contributed by atoms with E-state index in [2.05, 4.69) is 17.3 Å². The Bertz CT molecular complexity index is 353. The third kappa shape index (κ3) is 4.58. The van der Waals surface area contributed by atoms with Crippen LogP contribution in [-0.4, -0.2) is 66.8 Å². The van der Waals surface area contributed by atoms with Crippen molar-refractivity contribution in [3.05, 3.63) is 0 Å². The number of likely N-dealkylation sites (N-methyl/N-ethyl adjacent to an activating group) is 1. The fourth-order valence-electron chi connectivity index (χ4n) is 3.45. The molecule has 2 bridgehead atoms. The predicted molar refractivity (Wildman–Crippen MR) is 84.5 cm³/mol.